The zero-order chi connectivity index (χ0) is 12.1. The van der Waals surface area contributed by atoms with Gasteiger partial charge in [-0.25, -0.2) is 0 Å². The number of hydrogen-bond acceptors (Lipinski definition) is 2. The van der Waals surface area contributed by atoms with E-state index < -0.39 is 0 Å². The Kier molecular flexibility index (Phi) is 4.02. The molecule has 1 aliphatic rings. The average Bonchev–Trinajstić information content (AvgIpc) is 2.58. The summed E-state index contributed by atoms with van der Waals surface area (Å²) >= 11 is 0. The molecule has 0 atom stereocenters. The van der Waals surface area contributed by atoms with E-state index in [1.165, 1.54) is 25.7 Å². The first-order valence-electron chi connectivity index (χ1n) is 6.43. The number of hydrogen-bond donors (Lipinski definition) is 2. The summed E-state index contributed by atoms with van der Waals surface area (Å²) in [5.41, 5.74) is 6.95. The highest BCUT2D eigenvalue weighted by atomic mass is 16.1. The normalized spacial score (nSPS) is 17.4. The highest BCUT2D eigenvalue weighted by Gasteiger charge is 2.16. The van der Waals surface area contributed by atoms with Crippen LogP contribution < -0.4 is 11.1 Å². The second-order valence-electron chi connectivity index (χ2n) is 4.75. The van der Waals surface area contributed by atoms with Crippen molar-refractivity contribution in [2.24, 2.45) is 0 Å². The maximum Gasteiger partial charge on any atom is 0.253 e. The minimum Gasteiger partial charge on any atom is -0.398 e. The van der Waals surface area contributed by atoms with Gasteiger partial charge in [0.05, 0.1) is 5.56 Å². The molecule has 0 heterocycles. The summed E-state index contributed by atoms with van der Waals surface area (Å²) in [6, 6.07) is 7.56. The molecule has 92 valence electrons. The number of carbonyl (C=O) groups is 1. The molecule has 0 spiro atoms. The lowest BCUT2D eigenvalue weighted by Crippen LogP contribution is -2.34. The van der Waals surface area contributed by atoms with Gasteiger partial charge < -0.3 is 11.1 Å². The number of rotatable bonds is 2. The molecule has 2 rings (SSSR count). The number of carbonyl (C=O) groups excluding carboxylic acids is 1. The highest BCUT2D eigenvalue weighted by molar-refractivity contribution is 5.99. The Morgan fingerprint density at radius 1 is 1.12 bits per heavy atom. The van der Waals surface area contributed by atoms with E-state index in [0.717, 1.165) is 12.8 Å². The molecule has 0 bridgehead atoms. The van der Waals surface area contributed by atoms with E-state index in [1.54, 1.807) is 12.1 Å². The van der Waals surface area contributed by atoms with Crippen LogP contribution in [0.4, 0.5) is 5.69 Å². The van der Waals surface area contributed by atoms with Crippen molar-refractivity contribution in [2.45, 2.75) is 44.6 Å². The number of anilines is 1. The fraction of sp³-hybridized carbons (Fsp3) is 0.500. The number of nitrogens with one attached hydrogen (secondary N) is 1. The fourth-order valence-corrected chi connectivity index (χ4v) is 2.39. The molecular formula is C14H20N2O. The highest BCUT2D eigenvalue weighted by Crippen LogP contribution is 2.18. The van der Waals surface area contributed by atoms with Gasteiger partial charge in [-0.3, -0.25) is 4.79 Å². The van der Waals surface area contributed by atoms with Crippen LogP contribution in [0.1, 0.15) is 48.9 Å². The van der Waals surface area contributed by atoms with Gasteiger partial charge in [0, 0.05) is 11.7 Å². The quantitative estimate of drug-likeness (QED) is 0.608. The number of nitrogen functional groups attached to an aromatic ring is 1. The Morgan fingerprint density at radius 2 is 1.76 bits per heavy atom. The summed E-state index contributed by atoms with van der Waals surface area (Å²) in [6.07, 6.45) is 7.21. The van der Waals surface area contributed by atoms with E-state index in [9.17, 15) is 4.79 Å². The van der Waals surface area contributed by atoms with E-state index >= 15 is 0 Å². The van der Waals surface area contributed by atoms with Crippen LogP contribution in [0.15, 0.2) is 24.3 Å². The second kappa shape index (κ2) is 5.71. The number of amides is 1. The first kappa shape index (κ1) is 12.0. The van der Waals surface area contributed by atoms with Gasteiger partial charge in [0.2, 0.25) is 0 Å². The Labute approximate surface area is 102 Å². The van der Waals surface area contributed by atoms with Crippen LogP contribution in [0.25, 0.3) is 0 Å². The molecule has 3 nitrogen and oxygen atoms in total. The van der Waals surface area contributed by atoms with Gasteiger partial charge in [0.15, 0.2) is 0 Å². The van der Waals surface area contributed by atoms with E-state index in [2.05, 4.69) is 5.32 Å². The van der Waals surface area contributed by atoms with Crippen molar-refractivity contribution < 1.29 is 4.79 Å². The van der Waals surface area contributed by atoms with Gasteiger partial charge in [-0.15, -0.1) is 0 Å². The molecule has 0 aliphatic heterocycles. The number of para-hydroxylation sites is 1. The van der Waals surface area contributed by atoms with Gasteiger partial charge >= 0.3 is 0 Å². The molecule has 1 saturated carbocycles. The van der Waals surface area contributed by atoms with E-state index in [1.807, 2.05) is 12.1 Å². The Hall–Kier alpha value is -1.51. The molecule has 3 N–H and O–H groups in total. The molecule has 0 saturated heterocycles. The Morgan fingerprint density at radius 3 is 2.41 bits per heavy atom. The lowest BCUT2D eigenvalue weighted by atomic mass is 10.1. The average molecular weight is 232 g/mol. The standard InChI is InChI=1S/C14H20N2O/c15-13-10-6-5-9-12(13)14(17)16-11-7-3-1-2-4-8-11/h5-6,9-11H,1-4,7-8,15H2,(H,16,17). The van der Waals surface area contributed by atoms with Crippen molar-refractivity contribution in [3.8, 4) is 0 Å². The lowest BCUT2D eigenvalue weighted by molar-refractivity contribution is 0.0934. The van der Waals surface area contributed by atoms with Crippen molar-refractivity contribution in [3.63, 3.8) is 0 Å². The first-order chi connectivity index (χ1) is 8.27. The first-order valence-corrected chi connectivity index (χ1v) is 6.43. The summed E-state index contributed by atoms with van der Waals surface area (Å²) < 4.78 is 0. The van der Waals surface area contributed by atoms with Crippen LogP contribution in [-0.2, 0) is 0 Å². The third-order valence-electron chi connectivity index (χ3n) is 3.40. The van der Waals surface area contributed by atoms with Crippen molar-refractivity contribution in [3.05, 3.63) is 29.8 Å². The SMILES string of the molecule is Nc1ccccc1C(=O)NC1CCCCCC1. The fourth-order valence-electron chi connectivity index (χ4n) is 2.39. The maximum atomic E-state index is 12.1. The van der Waals surface area contributed by atoms with Gasteiger partial charge in [0.1, 0.15) is 0 Å². The summed E-state index contributed by atoms with van der Waals surface area (Å²) in [6.45, 7) is 0. The Bertz CT molecular complexity index is 382. The molecule has 0 unspecified atom stereocenters. The molecule has 1 fully saturated rings. The van der Waals surface area contributed by atoms with Gasteiger partial charge in [0.25, 0.3) is 5.91 Å². The molecule has 0 radical (unpaired) electrons. The smallest absolute Gasteiger partial charge is 0.253 e. The van der Waals surface area contributed by atoms with Gasteiger partial charge in [-0.05, 0) is 25.0 Å². The molecule has 1 aromatic carbocycles. The predicted octanol–water partition coefficient (Wildman–Crippen LogP) is 2.72. The zero-order valence-corrected chi connectivity index (χ0v) is 10.1. The maximum absolute atomic E-state index is 12.1. The van der Waals surface area contributed by atoms with Crippen LogP contribution in [-0.4, -0.2) is 11.9 Å². The molecular weight excluding hydrogens is 212 g/mol. The van der Waals surface area contributed by atoms with E-state index in [-0.39, 0.29) is 5.91 Å². The van der Waals surface area contributed by atoms with E-state index in [4.69, 9.17) is 5.73 Å². The monoisotopic (exact) mass is 232 g/mol. The van der Waals surface area contributed by atoms with Crippen LogP contribution >= 0.6 is 0 Å². The summed E-state index contributed by atoms with van der Waals surface area (Å²) in [7, 11) is 0. The zero-order valence-electron chi connectivity index (χ0n) is 10.1. The van der Waals surface area contributed by atoms with Crippen LogP contribution in [0.2, 0.25) is 0 Å². The predicted molar refractivity (Wildman–Crippen MR) is 69.8 cm³/mol. The summed E-state index contributed by atoms with van der Waals surface area (Å²) in [5.74, 6) is -0.0324. The van der Waals surface area contributed by atoms with Gasteiger partial charge in [-0.1, -0.05) is 37.8 Å². The van der Waals surface area contributed by atoms with Crippen LogP contribution in [0.5, 0.6) is 0 Å². The molecule has 1 amide bonds. The molecule has 17 heavy (non-hydrogen) atoms. The summed E-state index contributed by atoms with van der Waals surface area (Å²) in [4.78, 5) is 12.1. The Balaban J connectivity index is 1.98. The van der Waals surface area contributed by atoms with E-state index in [0.29, 0.717) is 17.3 Å². The third-order valence-corrected chi connectivity index (χ3v) is 3.40. The van der Waals surface area contributed by atoms with Crippen LogP contribution in [0, 0.1) is 0 Å². The lowest BCUT2D eigenvalue weighted by Gasteiger charge is -2.16. The molecule has 3 heteroatoms. The molecule has 0 aromatic heterocycles. The largest absolute Gasteiger partial charge is 0.398 e. The van der Waals surface area contributed by atoms with Crippen molar-refractivity contribution in [1.82, 2.24) is 5.32 Å². The van der Waals surface area contributed by atoms with Crippen molar-refractivity contribution in [2.75, 3.05) is 5.73 Å². The van der Waals surface area contributed by atoms with Gasteiger partial charge in [-0.2, -0.15) is 0 Å². The molecule has 1 aliphatic carbocycles. The molecule has 1 aromatic rings. The van der Waals surface area contributed by atoms with Crippen LogP contribution in [0.3, 0.4) is 0 Å². The third kappa shape index (κ3) is 3.22. The topological polar surface area (TPSA) is 55.1 Å². The number of benzene rings is 1. The van der Waals surface area contributed by atoms with Crippen molar-refractivity contribution >= 4 is 11.6 Å². The number of nitrogens with two attached hydrogens (primary N) is 1. The second-order valence-corrected chi connectivity index (χ2v) is 4.75. The minimum absolute atomic E-state index is 0.0324. The summed E-state index contributed by atoms with van der Waals surface area (Å²) in [5, 5.41) is 3.10. The van der Waals surface area contributed by atoms with Crippen molar-refractivity contribution in [1.29, 1.82) is 0 Å². The minimum atomic E-state index is -0.0324.